The third-order valence-electron chi connectivity index (χ3n) is 2.75. The average molecular weight is 249 g/mol. The highest BCUT2D eigenvalue weighted by molar-refractivity contribution is 5.84. The van der Waals surface area contributed by atoms with E-state index in [1.807, 2.05) is 32.9 Å². The number of hydrogen-bond donors (Lipinski definition) is 1. The van der Waals surface area contributed by atoms with Crippen molar-refractivity contribution in [3.05, 3.63) is 28.8 Å². The van der Waals surface area contributed by atoms with Gasteiger partial charge in [0, 0.05) is 6.92 Å². The molecular weight excluding hydrogens is 230 g/mol. The van der Waals surface area contributed by atoms with E-state index < -0.39 is 12.0 Å². The Kier molecular flexibility index (Phi) is 4.48. The van der Waals surface area contributed by atoms with Crippen molar-refractivity contribution >= 4 is 11.9 Å². The number of carbonyl (C=O) groups is 2. The highest BCUT2D eigenvalue weighted by atomic mass is 16.5. The van der Waals surface area contributed by atoms with Crippen LogP contribution in [0.15, 0.2) is 12.1 Å². The molecule has 0 aliphatic heterocycles. The molecule has 0 spiro atoms. The molecule has 1 atom stereocenters. The first-order valence-corrected chi connectivity index (χ1v) is 5.88. The lowest BCUT2D eigenvalue weighted by molar-refractivity contribution is -0.138. The van der Waals surface area contributed by atoms with Crippen molar-refractivity contribution in [3.63, 3.8) is 0 Å². The lowest BCUT2D eigenvalue weighted by Crippen LogP contribution is -2.39. The summed E-state index contributed by atoms with van der Waals surface area (Å²) in [5.41, 5.74) is 3.04. The largest absolute Gasteiger partial charge is 0.425 e. The van der Waals surface area contributed by atoms with Gasteiger partial charge >= 0.3 is 5.97 Å². The van der Waals surface area contributed by atoms with Gasteiger partial charge in [0.15, 0.2) is 0 Å². The Morgan fingerprint density at radius 3 is 2.39 bits per heavy atom. The van der Waals surface area contributed by atoms with Gasteiger partial charge in [-0.1, -0.05) is 6.07 Å². The minimum Gasteiger partial charge on any atom is -0.425 e. The zero-order valence-electron chi connectivity index (χ0n) is 11.5. The smallest absolute Gasteiger partial charge is 0.333 e. The fourth-order valence-electron chi connectivity index (χ4n) is 1.67. The summed E-state index contributed by atoms with van der Waals surface area (Å²) in [6, 6.07) is 3.20. The van der Waals surface area contributed by atoms with Crippen molar-refractivity contribution in [1.29, 1.82) is 0 Å². The first-order chi connectivity index (χ1) is 8.31. The lowest BCUT2D eigenvalue weighted by Gasteiger charge is -2.14. The zero-order chi connectivity index (χ0) is 13.9. The first-order valence-electron chi connectivity index (χ1n) is 5.88. The van der Waals surface area contributed by atoms with Gasteiger partial charge in [-0.2, -0.15) is 0 Å². The second kappa shape index (κ2) is 5.67. The van der Waals surface area contributed by atoms with Crippen LogP contribution < -0.4 is 10.1 Å². The van der Waals surface area contributed by atoms with E-state index in [0.717, 1.165) is 16.7 Å². The van der Waals surface area contributed by atoms with Crippen LogP contribution in [-0.2, 0) is 9.59 Å². The van der Waals surface area contributed by atoms with E-state index in [1.54, 1.807) is 6.92 Å². The SMILES string of the molecule is CC(=O)NC(C)C(=O)Oc1cc(C)cc(C)c1C. The Labute approximate surface area is 107 Å². The first kappa shape index (κ1) is 14.2. The van der Waals surface area contributed by atoms with Gasteiger partial charge < -0.3 is 10.1 Å². The summed E-state index contributed by atoms with van der Waals surface area (Å²) in [7, 11) is 0. The van der Waals surface area contributed by atoms with E-state index in [4.69, 9.17) is 4.74 Å². The molecule has 1 unspecified atom stereocenters. The standard InChI is InChI=1S/C14H19NO3/c1-8-6-9(2)10(3)13(7-8)18-14(17)11(4)15-12(5)16/h6-7,11H,1-5H3,(H,15,16). The normalized spacial score (nSPS) is 11.8. The van der Waals surface area contributed by atoms with Crippen LogP contribution in [0, 0.1) is 20.8 Å². The second-order valence-electron chi connectivity index (χ2n) is 4.55. The van der Waals surface area contributed by atoms with Crippen molar-refractivity contribution in [2.24, 2.45) is 0 Å². The van der Waals surface area contributed by atoms with E-state index in [-0.39, 0.29) is 5.91 Å². The van der Waals surface area contributed by atoms with Gasteiger partial charge in [0.1, 0.15) is 11.8 Å². The fraction of sp³-hybridized carbons (Fsp3) is 0.429. The van der Waals surface area contributed by atoms with Crippen molar-refractivity contribution in [2.75, 3.05) is 0 Å². The third kappa shape index (κ3) is 3.58. The summed E-state index contributed by atoms with van der Waals surface area (Å²) in [6.45, 7) is 8.78. The molecule has 1 rings (SSSR count). The highest BCUT2D eigenvalue weighted by Gasteiger charge is 2.17. The molecule has 0 radical (unpaired) electrons. The molecule has 18 heavy (non-hydrogen) atoms. The van der Waals surface area contributed by atoms with Crippen LogP contribution in [0.5, 0.6) is 5.75 Å². The third-order valence-corrected chi connectivity index (χ3v) is 2.75. The summed E-state index contributed by atoms with van der Waals surface area (Å²) < 4.78 is 5.32. The number of nitrogens with one attached hydrogen (secondary N) is 1. The maximum absolute atomic E-state index is 11.8. The van der Waals surface area contributed by atoms with Crippen LogP contribution in [0.1, 0.15) is 30.5 Å². The molecule has 0 aromatic heterocycles. The number of carbonyl (C=O) groups excluding carboxylic acids is 2. The van der Waals surface area contributed by atoms with Crippen molar-refractivity contribution in [1.82, 2.24) is 5.32 Å². The van der Waals surface area contributed by atoms with Crippen LogP contribution >= 0.6 is 0 Å². The van der Waals surface area contributed by atoms with Crippen LogP contribution in [0.4, 0.5) is 0 Å². The number of amides is 1. The number of esters is 1. The maximum atomic E-state index is 11.8. The van der Waals surface area contributed by atoms with Crippen LogP contribution in [0.2, 0.25) is 0 Å². The van der Waals surface area contributed by atoms with Crippen LogP contribution in [0.3, 0.4) is 0 Å². The Morgan fingerprint density at radius 1 is 1.22 bits per heavy atom. The van der Waals surface area contributed by atoms with Gasteiger partial charge in [0.2, 0.25) is 5.91 Å². The second-order valence-corrected chi connectivity index (χ2v) is 4.55. The molecule has 0 saturated carbocycles. The topological polar surface area (TPSA) is 55.4 Å². The van der Waals surface area contributed by atoms with E-state index in [2.05, 4.69) is 5.32 Å². The summed E-state index contributed by atoms with van der Waals surface area (Å²) in [4.78, 5) is 22.7. The molecule has 0 bridgehead atoms. The number of aryl methyl sites for hydroxylation is 2. The number of benzene rings is 1. The van der Waals surface area contributed by atoms with Crippen molar-refractivity contribution in [2.45, 2.75) is 40.7 Å². The monoisotopic (exact) mass is 249 g/mol. The molecule has 0 saturated heterocycles. The molecule has 0 fully saturated rings. The van der Waals surface area contributed by atoms with Gasteiger partial charge in [0.25, 0.3) is 0 Å². The predicted octanol–water partition coefficient (Wildman–Crippen LogP) is 2.04. The van der Waals surface area contributed by atoms with Crippen molar-refractivity contribution in [3.8, 4) is 5.75 Å². The molecule has 98 valence electrons. The van der Waals surface area contributed by atoms with Gasteiger partial charge in [-0.15, -0.1) is 0 Å². The van der Waals surface area contributed by atoms with E-state index in [1.165, 1.54) is 6.92 Å². The predicted molar refractivity (Wildman–Crippen MR) is 69.6 cm³/mol. The molecule has 1 aromatic rings. The molecule has 0 heterocycles. The summed E-state index contributed by atoms with van der Waals surface area (Å²) in [6.07, 6.45) is 0. The summed E-state index contributed by atoms with van der Waals surface area (Å²) in [5.74, 6) is -0.162. The summed E-state index contributed by atoms with van der Waals surface area (Å²) >= 11 is 0. The number of hydrogen-bond acceptors (Lipinski definition) is 3. The van der Waals surface area contributed by atoms with Gasteiger partial charge in [-0.05, 0) is 50.5 Å². The molecule has 0 aliphatic rings. The molecular formula is C14H19NO3. The van der Waals surface area contributed by atoms with Crippen molar-refractivity contribution < 1.29 is 14.3 Å². The Hall–Kier alpha value is -1.84. The average Bonchev–Trinajstić information content (AvgIpc) is 2.24. The minimum atomic E-state index is -0.650. The number of ether oxygens (including phenoxy) is 1. The fourth-order valence-corrected chi connectivity index (χ4v) is 1.67. The Morgan fingerprint density at radius 2 is 1.83 bits per heavy atom. The number of rotatable bonds is 3. The molecule has 1 amide bonds. The van der Waals surface area contributed by atoms with E-state index >= 15 is 0 Å². The molecule has 1 aromatic carbocycles. The summed E-state index contributed by atoms with van der Waals surface area (Å²) in [5, 5.41) is 2.50. The molecule has 0 aliphatic carbocycles. The lowest BCUT2D eigenvalue weighted by atomic mass is 10.1. The molecule has 4 heteroatoms. The Balaban J connectivity index is 2.85. The van der Waals surface area contributed by atoms with Gasteiger partial charge in [-0.3, -0.25) is 4.79 Å². The van der Waals surface area contributed by atoms with Gasteiger partial charge in [0.05, 0.1) is 0 Å². The Bertz CT molecular complexity index is 480. The quantitative estimate of drug-likeness (QED) is 0.659. The van der Waals surface area contributed by atoms with E-state index in [0.29, 0.717) is 5.75 Å². The van der Waals surface area contributed by atoms with Gasteiger partial charge in [-0.25, -0.2) is 4.79 Å². The van der Waals surface area contributed by atoms with Crippen LogP contribution in [0.25, 0.3) is 0 Å². The highest BCUT2D eigenvalue weighted by Crippen LogP contribution is 2.23. The molecule has 4 nitrogen and oxygen atoms in total. The zero-order valence-corrected chi connectivity index (χ0v) is 11.5. The molecule has 1 N–H and O–H groups in total. The van der Waals surface area contributed by atoms with E-state index in [9.17, 15) is 9.59 Å². The maximum Gasteiger partial charge on any atom is 0.333 e. The minimum absolute atomic E-state index is 0.253. The van der Waals surface area contributed by atoms with Crippen LogP contribution in [-0.4, -0.2) is 17.9 Å².